The molecule has 0 aliphatic heterocycles. The maximum atomic E-state index is 12.7. The molecule has 0 aliphatic carbocycles. The second kappa shape index (κ2) is 15.7. The summed E-state index contributed by atoms with van der Waals surface area (Å²) in [6.45, 7) is -0.725. The van der Waals surface area contributed by atoms with Crippen molar-refractivity contribution in [3.05, 3.63) is 35.9 Å². The van der Waals surface area contributed by atoms with Crippen LogP contribution >= 0.6 is 0 Å². The highest BCUT2D eigenvalue weighted by Gasteiger charge is 2.31. The fourth-order valence-corrected chi connectivity index (χ4v) is 3.15. The lowest BCUT2D eigenvalue weighted by Crippen LogP contribution is -2.58. The summed E-state index contributed by atoms with van der Waals surface area (Å²) >= 11 is 0. The van der Waals surface area contributed by atoms with Crippen LogP contribution in [0.2, 0.25) is 0 Å². The van der Waals surface area contributed by atoms with Gasteiger partial charge in [-0.2, -0.15) is 0 Å². The van der Waals surface area contributed by atoms with Crippen LogP contribution in [0.15, 0.2) is 35.3 Å². The lowest BCUT2D eigenvalue weighted by molar-refractivity contribution is -0.142. The molecule has 0 heterocycles. The standard InChI is InChI=1S/C22H34N8O7/c23-13(9-12-5-2-1-3-6-12)18(33)30-16(11-31)20(35)29-15(10-17(24)32)19(34)28-14(21(36)37)7-4-8-27-22(25)26/h1-3,5-6,13-16,31H,4,7-11,23H2,(H2,24,32)(H,28,34)(H,29,35)(H,30,33)(H,36,37)(H4,25,26,27). The van der Waals surface area contributed by atoms with Gasteiger partial charge in [-0.15, -0.1) is 0 Å². The second-order valence-electron chi connectivity index (χ2n) is 8.12. The molecule has 204 valence electrons. The highest BCUT2D eigenvalue weighted by Crippen LogP contribution is 2.04. The topological polar surface area (TPSA) is 278 Å². The molecule has 0 saturated heterocycles. The normalized spacial score (nSPS) is 13.8. The first-order valence-electron chi connectivity index (χ1n) is 11.3. The van der Waals surface area contributed by atoms with E-state index in [1.165, 1.54) is 0 Å². The highest BCUT2D eigenvalue weighted by molar-refractivity contribution is 5.96. The van der Waals surface area contributed by atoms with Crippen molar-refractivity contribution < 1.29 is 34.2 Å². The van der Waals surface area contributed by atoms with Crippen molar-refractivity contribution in [3.63, 3.8) is 0 Å². The molecule has 4 amide bonds. The van der Waals surface area contributed by atoms with Crippen molar-refractivity contribution in [2.75, 3.05) is 13.2 Å². The Morgan fingerprint density at radius 2 is 1.43 bits per heavy atom. The first-order chi connectivity index (χ1) is 17.4. The Kier molecular flexibility index (Phi) is 13.1. The Labute approximate surface area is 213 Å². The Morgan fingerprint density at radius 1 is 0.865 bits per heavy atom. The number of guanidine groups is 1. The van der Waals surface area contributed by atoms with E-state index in [4.69, 9.17) is 22.9 Å². The zero-order chi connectivity index (χ0) is 28.0. The molecule has 37 heavy (non-hydrogen) atoms. The minimum absolute atomic E-state index is 0.0519. The number of carbonyl (C=O) groups excluding carboxylic acids is 4. The number of benzene rings is 1. The predicted octanol–water partition coefficient (Wildman–Crippen LogP) is -3.98. The molecule has 0 bridgehead atoms. The van der Waals surface area contributed by atoms with Crippen molar-refractivity contribution in [2.24, 2.45) is 27.9 Å². The third-order valence-corrected chi connectivity index (χ3v) is 5.05. The van der Waals surface area contributed by atoms with Gasteiger partial charge in [0.05, 0.1) is 19.1 Å². The molecule has 1 rings (SSSR count). The molecule has 0 saturated carbocycles. The number of primary amides is 1. The maximum absolute atomic E-state index is 12.7. The van der Waals surface area contributed by atoms with Gasteiger partial charge >= 0.3 is 5.97 Å². The summed E-state index contributed by atoms with van der Waals surface area (Å²) in [6.07, 6.45) is -0.343. The third-order valence-electron chi connectivity index (χ3n) is 5.05. The molecule has 0 spiro atoms. The van der Waals surface area contributed by atoms with E-state index < -0.39 is 66.8 Å². The third kappa shape index (κ3) is 11.8. The quantitative estimate of drug-likeness (QED) is 0.0576. The molecule has 15 nitrogen and oxygen atoms in total. The van der Waals surface area contributed by atoms with E-state index in [1.54, 1.807) is 30.3 Å². The lowest BCUT2D eigenvalue weighted by Gasteiger charge is -2.24. The average Bonchev–Trinajstić information content (AvgIpc) is 2.83. The average molecular weight is 523 g/mol. The summed E-state index contributed by atoms with van der Waals surface area (Å²) in [6, 6.07) is 3.37. The number of nitrogens with one attached hydrogen (secondary N) is 3. The Hall–Kier alpha value is -4.24. The van der Waals surface area contributed by atoms with Crippen LogP contribution in [0.1, 0.15) is 24.8 Å². The fraction of sp³-hybridized carbons (Fsp3) is 0.455. The summed E-state index contributed by atoms with van der Waals surface area (Å²) in [4.78, 5) is 64.5. The second-order valence-corrected chi connectivity index (χ2v) is 8.12. The van der Waals surface area contributed by atoms with Gasteiger partial charge in [0.1, 0.15) is 18.1 Å². The monoisotopic (exact) mass is 522 g/mol. The number of aliphatic hydroxyl groups excluding tert-OH is 1. The highest BCUT2D eigenvalue weighted by atomic mass is 16.4. The molecule has 1 aromatic carbocycles. The lowest BCUT2D eigenvalue weighted by atomic mass is 10.1. The van der Waals surface area contributed by atoms with E-state index in [1.807, 2.05) is 0 Å². The van der Waals surface area contributed by atoms with Crippen LogP contribution in [0.3, 0.4) is 0 Å². The minimum atomic E-state index is -1.58. The summed E-state index contributed by atoms with van der Waals surface area (Å²) < 4.78 is 0. The number of hydrogen-bond acceptors (Lipinski definition) is 8. The van der Waals surface area contributed by atoms with Crippen molar-refractivity contribution in [1.29, 1.82) is 0 Å². The molecular formula is C22H34N8O7. The summed E-state index contributed by atoms with van der Waals surface area (Å²) in [5.41, 5.74) is 22.2. The van der Waals surface area contributed by atoms with E-state index in [0.29, 0.717) is 0 Å². The number of carboxylic acid groups (broad SMARTS) is 1. The van der Waals surface area contributed by atoms with Gasteiger partial charge in [0.2, 0.25) is 23.6 Å². The number of nitrogens with zero attached hydrogens (tertiary/aromatic N) is 1. The Morgan fingerprint density at radius 3 is 1.97 bits per heavy atom. The van der Waals surface area contributed by atoms with Crippen LogP contribution in [0.5, 0.6) is 0 Å². The number of carboxylic acids is 1. The van der Waals surface area contributed by atoms with Gasteiger partial charge in [-0.3, -0.25) is 24.2 Å². The van der Waals surface area contributed by atoms with Crippen LogP contribution < -0.4 is 38.9 Å². The van der Waals surface area contributed by atoms with E-state index >= 15 is 0 Å². The maximum Gasteiger partial charge on any atom is 0.326 e. The predicted molar refractivity (Wildman–Crippen MR) is 132 cm³/mol. The molecule has 13 N–H and O–H groups in total. The molecule has 4 unspecified atom stereocenters. The van der Waals surface area contributed by atoms with Crippen molar-refractivity contribution in [3.8, 4) is 0 Å². The van der Waals surface area contributed by atoms with Gasteiger partial charge in [-0.25, -0.2) is 4.79 Å². The molecular weight excluding hydrogens is 488 g/mol. The van der Waals surface area contributed by atoms with Crippen molar-refractivity contribution in [1.82, 2.24) is 16.0 Å². The summed E-state index contributed by atoms with van der Waals surface area (Å²) in [7, 11) is 0. The van der Waals surface area contributed by atoms with Gasteiger partial charge < -0.3 is 49.1 Å². The van der Waals surface area contributed by atoms with Crippen LogP contribution in [-0.4, -0.2) is 83.1 Å². The Balaban J connectivity index is 2.82. The van der Waals surface area contributed by atoms with E-state index in [9.17, 15) is 34.2 Å². The molecule has 15 heteroatoms. The first kappa shape index (κ1) is 30.8. The minimum Gasteiger partial charge on any atom is -0.480 e. The summed E-state index contributed by atoms with van der Waals surface area (Å²) in [5, 5.41) is 25.7. The SMILES string of the molecule is NC(=O)CC(NC(=O)C(CO)NC(=O)C(N)Cc1ccccc1)C(=O)NC(CCCN=C(N)N)C(=O)O. The fourth-order valence-electron chi connectivity index (χ4n) is 3.15. The number of rotatable bonds is 16. The number of carbonyl (C=O) groups is 5. The van der Waals surface area contributed by atoms with Gasteiger partial charge in [0.15, 0.2) is 5.96 Å². The van der Waals surface area contributed by atoms with Gasteiger partial charge in [-0.05, 0) is 24.8 Å². The van der Waals surface area contributed by atoms with Crippen molar-refractivity contribution in [2.45, 2.75) is 49.9 Å². The number of aliphatic hydroxyl groups is 1. The van der Waals surface area contributed by atoms with Crippen molar-refractivity contribution >= 4 is 35.6 Å². The van der Waals surface area contributed by atoms with Gasteiger partial charge in [-0.1, -0.05) is 30.3 Å². The zero-order valence-corrected chi connectivity index (χ0v) is 20.1. The van der Waals surface area contributed by atoms with Crippen LogP contribution in [0.25, 0.3) is 0 Å². The van der Waals surface area contributed by atoms with Crippen LogP contribution in [0, 0.1) is 0 Å². The molecule has 0 radical (unpaired) electrons. The zero-order valence-electron chi connectivity index (χ0n) is 20.1. The number of aliphatic imine (C=N–C) groups is 1. The molecule has 0 fully saturated rings. The van der Waals surface area contributed by atoms with Crippen LogP contribution in [-0.2, 0) is 30.4 Å². The Bertz CT molecular complexity index is 969. The van der Waals surface area contributed by atoms with Gasteiger partial charge in [0, 0.05) is 6.54 Å². The largest absolute Gasteiger partial charge is 0.480 e. The van der Waals surface area contributed by atoms with Gasteiger partial charge in [0.25, 0.3) is 0 Å². The first-order valence-corrected chi connectivity index (χ1v) is 11.3. The summed E-state index contributed by atoms with van der Waals surface area (Å²) in [5.74, 6) is -5.26. The number of amides is 4. The molecule has 0 aliphatic rings. The van der Waals surface area contributed by atoms with Crippen LogP contribution in [0.4, 0.5) is 0 Å². The van der Waals surface area contributed by atoms with E-state index in [0.717, 1.165) is 5.56 Å². The van der Waals surface area contributed by atoms with E-state index in [2.05, 4.69) is 20.9 Å². The molecule has 0 aromatic heterocycles. The molecule has 1 aromatic rings. The number of hydrogen-bond donors (Lipinski definition) is 9. The van der Waals surface area contributed by atoms with E-state index in [-0.39, 0.29) is 31.8 Å². The smallest absolute Gasteiger partial charge is 0.326 e. The molecule has 4 atom stereocenters. The number of aliphatic carboxylic acids is 1. The number of nitrogens with two attached hydrogens (primary N) is 4.